The number of nitrogens with zero attached hydrogens (tertiary/aromatic N) is 1. The highest BCUT2D eigenvalue weighted by atomic mass is 16.3. The first-order valence-electron chi connectivity index (χ1n) is 5.10. The zero-order chi connectivity index (χ0) is 11.1. The molecule has 0 spiro atoms. The predicted octanol–water partition coefficient (Wildman–Crippen LogP) is 1.07. The molecule has 1 aromatic carbocycles. The van der Waals surface area contributed by atoms with Crippen LogP contribution >= 0.6 is 0 Å². The molecule has 0 aliphatic heterocycles. The topological polar surface area (TPSA) is 40.5 Å². The quantitative estimate of drug-likeness (QED) is 0.709. The molecule has 1 unspecified atom stereocenters. The van der Waals surface area contributed by atoms with Gasteiger partial charge in [0.25, 0.3) is 0 Å². The molecule has 82 valence electrons. The first kappa shape index (κ1) is 11.9. The molecule has 0 aromatic heterocycles. The average Bonchev–Trinajstić information content (AvgIpc) is 2.29. The summed E-state index contributed by atoms with van der Waals surface area (Å²) in [5.74, 6) is 0. The van der Waals surface area contributed by atoms with Crippen molar-refractivity contribution in [3.8, 4) is 0 Å². The zero-order valence-electron chi connectivity index (χ0n) is 8.97. The van der Waals surface area contributed by atoms with Crippen LogP contribution in [0.2, 0.25) is 0 Å². The van der Waals surface area contributed by atoms with Crippen molar-refractivity contribution in [3.05, 3.63) is 35.9 Å². The molecule has 3 nitrogen and oxygen atoms in total. The van der Waals surface area contributed by atoms with Gasteiger partial charge in [0.15, 0.2) is 0 Å². The Morgan fingerprint density at radius 3 is 2.60 bits per heavy atom. The SMILES string of the molecule is CC(CO)N(CC=O)Cc1ccccc1. The lowest BCUT2D eigenvalue weighted by atomic mass is 10.2. The third-order valence-corrected chi connectivity index (χ3v) is 2.43. The fraction of sp³-hybridized carbons (Fsp3) is 0.417. The average molecular weight is 207 g/mol. The van der Waals surface area contributed by atoms with E-state index in [2.05, 4.69) is 0 Å². The Hall–Kier alpha value is -1.19. The lowest BCUT2D eigenvalue weighted by molar-refractivity contribution is -0.109. The first-order valence-corrected chi connectivity index (χ1v) is 5.10. The number of hydrogen-bond acceptors (Lipinski definition) is 3. The van der Waals surface area contributed by atoms with Crippen LogP contribution in [-0.2, 0) is 11.3 Å². The molecule has 0 aliphatic carbocycles. The summed E-state index contributed by atoms with van der Waals surface area (Å²) >= 11 is 0. The second kappa shape index (κ2) is 6.32. The maximum Gasteiger partial charge on any atom is 0.134 e. The molecule has 0 fully saturated rings. The van der Waals surface area contributed by atoms with Gasteiger partial charge in [-0.05, 0) is 12.5 Å². The molecule has 0 heterocycles. The van der Waals surface area contributed by atoms with E-state index in [9.17, 15) is 4.79 Å². The molecule has 1 N–H and O–H groups in total. The van der Waals surface area contributed by atoms with Gasteiger partial charge >= 0.3 is 0 Å². The highest BCUT2D eigenvalue weighted by Gasteiger charge is 2.12. The number of aldehydes is 1. The van der Waals surface area contributed by atoms with Crippen molar-refractivity contribution in [2.45, 2.75) is 19.5 Å². The minimum atomic E-state index is 0.00964. The Bertz CT molecular complexity index is 287. The minimum Gasteiger partial charge on any atom is -0.395 e. The molecule has 0 radical (unpaired) electrons. The number of carbonyl (C=O) groups excluding carboxylic acids is 1. The largest absolute Gasteiger partial charge is 0.395 e. The lowest BCUT2D eigenvalue weighted by Gasteiger charge is -2.25. The summed E-state index contributed by atoms with van der Waals surface area (Å²) in [7, 11) is 0. The van der Waals surface area contributed by atoms with E-state index in [1.165, 1.54) is 0 Å². The number of hydrogen-bond donors (Lipinski definition) is 1. The van der Waals surface area contributed by atoms with Crippen molar-refractivity contribution >= 4 is 6.29 Å². The lowest BCUT2D eigenvalue weighted by Crippen LogP contribution is -2.36. The van der Waals surface area contributed by atoms with Crippen LogP contribution < -0.4 is 0 Å². The summed E-state index contributed by atoms with van der Waals surface area (Å²) in [5.41, 5.74) is 1.15. The Kier molecular flexibility index (Phi) is 5.01. The van der Waals surface area contributed by atoms with Crippen LogP contribution in [0.25, 0.3) is 0 Å². The molecule has 15 heavy (non-hydrogen) atoms. The van der Waals surface area contributed by atoms with Gasteiger partial charge < -0.3 is 9.90 Å². The highest BCUT2D eigenvalue weighted by Crippen LogP contribution is 2.06. The minimum absolute atomic E-state index is 0.00964. The summed E-state index contributed by atoms with van der Waals surface area (Å²) in [6.07, 6.45) is 0.870. The summed E-state index contributed by atoms with van der Waals surface area (Å²) in [4.78, 5) is 12.4. The molecule has 0 aliphatic rings. The number of aliphatic hydroxyl groups is 1. The van der Waals surface area contributed by atoms with Crippen LogP contribution in [0, 0.1) is 0 Å². The van der Waals surface area contributed by atoms with Crippen LogP contribution in [-0.4, -0.2) is 35.5 Å². The number of benzene rings is 1. The summed E-state index contributed by atoms with van der Waals surface area (Å²) in [6.45, 7) is 3.03. The summed E-state index contributed by atoms with van der Waals surface area (Å²) in [5, 5.41) is 9.05. The van der Waals surface area contributed by atoms with E-state index < -0.39 is 0 Å². The first-order chi connectivity index (χ1) is 7.27. The van der Waals surface area contributed by atoms with E-state index >= 15 is 0 Å². The Morgan fingerprint density at radius 1 is 1.40 bits per heavy atom. The molecule has 0 bridgehead atoms. The van der Waals surface area contributed by atoms with Gasteiger partial charge in [-0.3, -0.25) is 4.90 Å². The zero-order valence-corrected chi connectivity index (χ0v) is 8.97. The highest BCUT2D eigenvalue weighted by molar-refractivity contribution is 5.52. The summed E-state index contributed by atoms with van der Waals surface area (Å²) < 4.78 is 0. The van der Waals surface area contributed by atoms with E-state index in [-0.39, 0.29) is 12.6 Å². The monoisotopic (exact) mass is 207 g/mol. The standard InChI is InChI=1S/C12H17NO2/c1-11(10-15)13(7-8-14)9-12-5-3-2-4-6-12/h2-6,8,11,15H,7,9-10H2,1H3. The van der Waals surface area contributed by atoms with Crippen molar-refractivity contribution in [2.24, 2.45) is 0 Å². The molecular weight excluding hydrogens is 190 g/mol. The van der Waals surface area contributed by atoms with Crippen LogP contribution in [0.1, 0.15) is 12.5 Å². The number of rotatable bonds is 6. The third-order valence-electron chi connectivity index (χ3n) is 2.43. The van der Waals surface area contributed by atoms with Gasteiger partial charge in [-0.15, -0.1) is 0 Å². The van der Waals surface area contributed by atoms with Gasteiger partial charge in [0.2, 0.25) is 0 Å². The van der Waals surface area contributed by atoms with Gasteiger partial charge in [0.05, 0.1) is 13.2 Å². The second-order valence-corrected chi connectivity index (χ2v) is 3.61. The second-order valence-electron chi connectivity index (χ2n) is 3.61. The molecule has 0 saturated heterocycles. The summed E-state index contributed by atoms with van der Waals surface area (Å²) in [6, 6.07) is 9.94. The molecule has 3 heteroatoms. The van der Waals surface area contributed by atoms with E-state index in [0.717, 1.165) is 11.8 Å². The fourth-order valence-corrected chi connectivity index (χ4v) is 1.43. The van der Waals surface area contributed by atoms with Crippen molar-refractivity contribution in [1.29, 1.82) is 0 Å². The van der Waals surface area contributed by atoms with Gasteiger partial charge in [-0.25, -0.2) is 0 Å². The van der Waals surface area contributed by atoms with E-state index in [0.29, 0.717) is 13.1 Å². The maximum atomic E-state index is 10.5. The normalized spacial score (nSPS) is 12.7. The molecule has 0 saturated carbocycles. The van der Waals surface area contributed by atoms with Crippen molar-refractivity contribution in [2.75, 3.05) is 13.2 Å². The van der Waals surface area contributed by atoms with Crippen molar-refractivity contribution < 1.29 is 9.90 Å². The van der Waals surface area contributed by atoms with Crippen LogP contribution in [0.5, 0.6) is 0 Å². The molecule has 1 atom stereocenters. The molecule has 1 aromatic rings. The van der Waals surface area contributed by atoms with Crippen LogP contribution in [0.4, 0.5) is 0 Å². The predicted molar refractivity (Wildman–Crippen MR) is 59.5 cm³/mol. The number of aliphatic hydroxyl groups excluding tert-OH is 1. The van der Waals surface area contributed by atoms with E-state index in [1.54, 1.807) is 0 Å². The van der Waals surface area contributed by atoms with Gasteiger partial charge in [-0.2, -0.15) is 0 Å². The van der Waals surface area contributed by atoms with Gasteiger partial charge in [0, 0.05) is 12.6 Å². The smallest absolute Gasteiger partial charge is 0.134 e. The third kappa shape index (κ3) is 3.81. The van der Waals surface area contributed by atoms with Gasteiger partial charge in [0.1, 0.15) is 6.29 Å². The number of carbonyl (C=O) groups is 1. The van der Waals surface area contributed by atoms with Crippen LogP contribution in [0.15, 0.2) is 30.3 Å². The van der Waals surface area contributed by atoms with Crippen molar-refractivity contribution in [3.63, 3.8) is 0 Å². The Morgan fingerprint density at radius 2 is 2.07 bits per heavy atom. The van der Waals surface area contributed by atoms with Gasteiger partial charge in [-0.1, -0.05) is 30.3 Å². The van der Waals surface area contributed by atoms with E-state index in [4.69, 9.17) is 5.11 Å². The maximum absolute atomic E-state index is 10.5. The van der Waals surface area contributed by atoms with E-state index in [1.807, 2.05) is 42.2 Å². The Balaban J connectivity index is 2.62. The van der Waals surface area contributed by atoms with Crippen molar-refractivity contribution in [1.82, 2.24) is 4.90 Å². The molecule has 1 rings (SSSR count). The van der Waals surface area contributed by atoms with Crippen LogP contribution in [0.3, 0.4) is 0 Å². The fourth-order valence-electron chi connectivity index (χ4n) is 1.43. The molecule has 0 amide bonds. The Labute approximate surface area is 90.3 Å². The molecular formula is C12H17NO2.